The first-order valence-corrected chi connectivity index (χ1v) is 5.97. The summed E-state index contributed by atoms with van der Waals surface area (Å²) < 4.78 is 10.3. The number of methoxy groups -OCH3 is 1. The number of aromatic nitrogens is 2. The van der Waals surface area contributed by atoms with Crippen molar-refractivity contribution in [3.63, 3.8) is 0 Å². The molecule has 17 heavy (non-hydrogen) atoms. The van der Waals surface area contributed by atoms with E-state index in [4.69, 9.17) is 9.47 Å². The van der Waals surface area contributed by atoms with Crippen LogP contribution in [0.5, 0.6) is 5.88 Å². The van der Waals surface area contributed by atoms with Crippen LogP contribution in [-0.4, -0.2) is 36.8 Å². The zero-order valence-corrected chi connectivity index (χ0v) is 10.8. The molecule has 1 aromatic heterocycles. The number of hydrogen-bond donors (Lipinski definition) is 1. The van der Waals surface area contributed by atoms with E-state index in [-0.39, 0.29) is 0 Å². The van der Waals surface area contributed by atoms with Crippen LogP contribution in [0.1, 0.15) is 25.5 Å². The first kappa shape index (κ1) is 13.7. The van der Waals surface area contributed by atoms with Crippen LogP contribution >= 0.6 is 0 Å². The van der Waals surface area contributed by atoms with Gasteiger partial charge in [0.2, 0.25) is 11.8 Å². The molecule has 0 saturated heterocycles. The molecule has 0 saturated carbocycles. The molecule has 5 nitrogen and oxygen atoms in total. The van der Waals surface area contributed by atoms with Gasteiger partial charge in [-0.05, 0) is 26.7 Å². The van der Waals surface area contributed by atoms with Gasteiger partial charge >= 0.3 is 0 Å². The van der Waals surface area contributed by atoms with Gasteiger partial charge in [-0.1, -0.05) is 0 Å². The molecule has 96 valence electrons. The molecule has 0 radical (unpaired) electrons. The summed E-state index contributed by atoms with van der Waals surface area (Å²) in [5, 5.41) is 3.19. The minimum absolute atomic E-state index is 0.615. The van der Waals surface area contributed by atoms with E-state index in [0.717, 1.165) is 31.7 Å². The van der Waals surface area contributed by atoms with Crippen molar-refractivity contribution in [2.75, 3.05) is 32.2 Å². The van der Waals surface area contributed by atoms with Crippen molar-refractivity contribution in [1.82, 2.24) is 9.97 Å². The molecule has 1 aromatic rings. The molecule has 0 aliphatic carbocycles. The molecular weight excluding hydrogens is 218 g/mol. The third-order valence-corrected chi connectivity index (χ3v) is 2.18. The quantitative estimate of drug-likeness (QED) is 0.703. The van der Waals surface area contributed by atoms with Crippen molar-refractivity contribution in [3.05, 3.63) is 11.8 Å². The Kier molecular flexibility index (Phi) is 6.32. The van der Waals surface area contributed by atoms with Gasteiger partial charge in [-0.2, -0.15) is 4.98 Å². The van der Waals surface area contributed by atoms with Crippen molar-refractivity contribution in [2.24, 2.45) is 0 Å². The molecule has 0 aliphatic rings. The van der Waals surface area contributed by atoms with E-state index in [9.17, 15) is 0 Å². The van der Waals surface area contributed by atoms with Gasteiger partial charge in [-0.25, -0.2) is 4.98 Å². The Labute approximate surface area is 103 Å². The highest BCUT2D eigenvalue weighted by atomic mass is 16.5. The molecular formula is C12H21N3O2. The predicted molar refractivity (Wildman–Crippen MR) is 67.5 cm³/mol. The second-order valence-electron chi connectivity index (χ2n) is 3.73. The van der Waals surface area contributed by atoms with E-state index in [2.05, 4.69) is 15.3 Å². The molecule has 0 spiro atoms. The maximum atomic E-state index is 5.36. The Morgan fingerprint density at radius 1 is 1.29 bits per heavy atom. The highest BCUT2D eigenvalue weighted by molar-refractivity contribution is 5.30. The topological polar surface area (TPSA) is 56.3 Å². The fourth-order valence-corrected chi connectivity index (χ4v) is 1.41. The molecule has 0 aliphatic heterocycles. The van der Waals surface area contributed by atoms with Crippen LogP contribution in [0.15, 0.2) is 6.07 Å². The van der Waals surface area contributed by atoms with E-state index in [0.29, 0.717) is 18.4 Å². The van der Waals surface area contributed by atoms with Crippen LogP contribution in [0.3, 0.4) is 0 Å². The zero-order valence-electron chi connectivity index (χ0n) is 10.8. The lowest BCUT2D eigenvalue weighted by molar-refractivity contribution is 0.193. The minimum Gasteiger partial charge on any atom is -0.478 e. The summed E-state index contributed by atoms with van der Waals surface area (Å²) in [6.45, 7) is 6.12. The molecule has 0 fully saturated rings. The number of ether oxygens (including phenoxy) is 2. The molecule has 1 heterocycles. The van der Waals surface area contributed by atoms with Crippen LogP contribution in [0.2, 0.25) is 0 Å². The van der Waals surface area contributed by atoms with Gasteiger partial charge in [0.15, 0.2) is 0 Å². The highest BCUT2D eigenvalue weighted by Crippen LogP contribution is 2.11. The van der Waals surface area contributed by atoms with Gasteiger partial charge in [-0.15, -0.1) is 0 Å². The van der Waals surface area contributed by atoms with Crippen molar-refractivity contribution in [1.29, 1.82) is 0 Å². The number of anilines is 1. The summed E-state index contributed by atoms with van der Waals surface area (Å²) in [7, 11) is 1.71. The molecule has 0 aromatic carbocycles. The van der Waals surface area contributed by atoms with Crippen molar-refractivity contribution in [2.45, 2.75) is 26.7 Å². The lowest BCUT2D eigenvalue weighted by Crippen LogP contribution is -2.08. The standard InChI is InChI=1S/C12H21N3O2/c1-4-17-11-9-10(2)14-12(15-11)13-7-5-6-8-16-3/h9H,4-8H2,1-3H3,(H,13,14,15). The van der Waals surface area contributed by atoms with Crippen LogP contribution in [0, 0.1) is 6.92 Å². The first-order valence-electron chi connectivity index (χ1n) is 5.97. The Balaban J connectivity index is 2.41. The lowest BCUT2D eigenvalue weighted by Gasteiger charge is -2.08. The minimum atomic E-state index is 0.615. The normalized spacial score (nSPS) is 10.3. The van der Waals surface area contributed by atoms with Crippen molar-refractivity contribution >= 4 is 5.95 Å². The van der Waals surface area contributed by atoms with Gasteiger partial charge in [-0.3, -0.25) is 0 Å². The summed E-state index contributed by atoms with van der Waals surface area (Å²) >= 11 is 0. The molecule has 5 heteroatoms. The summed E-state index contributed by atoms with van der Waals surface area (Å²) in [4.78, 5) is 8.57. The van der Waals surface area contributed by atoms with Crippen molar-refractivity contribution < 1.29 is 9.47 Å². The van der Waals surface area contributed by atoms with Gasteiger partial charge < -0.3 is 14.8 Å². The maximum absolute atomic E-state index is 5.36. The Morgan fingerprint density at radius 2 is 2.12 bits per heavy atom. The smallest absolute Gasteiger partial charge is 0.226 e. The Bertz CT molecular complexity index is 332. The Morgan fingerprint density at radius 3 is 2.82 bits per heavy atom. The summed E-state index contributed by atoms with van der Waals surface area (Å²) in [5.74, 6) is 1.25. The third-order valence-electron chi connectivity index (χ3n) is 2.18. The lowest BCUT2D eigenvalue weighted by atomic mass is 10.3. The van der Waals surface area contributed by atoms with Crippen LogP contribution in [0.4, 0.5) is 5.95 Å². The van der Waals surface area contributed by atoms with E-state index in [1.54, 1.807) is 7.11 Å². The molecule has 1 rings (SSSR count). The summed E-state index contributed by atoms with van der Waals surface area (Å²) in [5.41, 5.74) is 0.905. The second-order valence-corrected chi connectivity index (χ2v) is 3.73. The molecule has 0 atom stereocenters. The Hall–Kier alpha value is -1.36. The van der Waals surface area contributed by atoms with Crippen LogP contribution in [-0.2, 0) is 4.74 Å². The summed E-state index contributed by atoms with van der Waals surface area (Å²) in [6, 6.07) is 1.83. The van der Waals surface area contributed by atoms with E-state index < -0.39 is 0 Å². The third kappa shape index (κ3) is 5.49. The van der Waals surface area contributed by atoms with E-state index >= 15 is 0 Å². The average molecular weight is 239 g/mol. The van der Waals surface area contributed by atoms with Crippen LogP contribution < -0.4 is 10.1 Å². The van der Waals surface area contributed by atoms with Crippen molar-refractivity contribution in [3.8, 4) is 5.88 Å². The molecule has 1 N–H and O–H groups in total. The highest BCUT2D eigenvalue weighted by Gasteiger charge is 2.01. The number of nitrogens with one attached hydrogen (secondary N) is 1. The van der Waals surface area contributed by atoms with Gasteiger partial charge in [0.1, 0.15) is 0 Å². The molecule has 0 bridgehead atoms. The molecule has 0 unspecified atom stereocenters. The zero-order chi connectivity index (χ0) is 12.5. The summed E-state index contributed by atoms with van der Waals surface area (Å²) in [6.07, 6.45) is 2.07. The SMILES string of the molecule is CCOc1cc(C)nc(NCCCCOC)n1. The fraction of sp³-hybridized carbons (Fsp3) is 0.667. The van der Waals surface area contributed by atoms with Gasteiger partial charge in [0.05, 0.1) is 6.61 Å². The monoisotopic (exact) mass is 239 g/mol. The maximum Gasteiger partial charge on any atom is 0.226 e. The molecule has 0 amide bonds. The largest absolute Gasteiger partial charge is 0.478 e. The van der Waals surface area contributed by atoms with Gasteiger partial charge in [0.25, 0.3) is 0 Å². The van der Waals surface area contributed by atoms with Crippen LogP contribution in [0.25, 0.3) is 0 Å². The fourth-order valence-electron chi connectivity index (χ4n) is 1.41. The number of hydrogen-bond acceptors (Lipinski definition) is 5. The van der Waals surface area contributed by atoms with E-state index in [1.165, 1.54) is 0 Å². The second kappa shape index (κ2) is 7.84. The predicted octanol–water partition coefficient (Wildman–Crippen LogP) is 2.02. The van der Waals surface area contributed by atoms with Gasteiger partial charge in [0, 0.05) is 32.0 Å². The average Bonchev–Trinajstić information content (AvgIpc) is 2.28. The number of nitrogens with zero attached hydrogens (tertiary/aromatic N) is 2. The number of unbranched alkanes of at least 4 members (excludes halogenated alkanes) is 1. The first-order chi connectivity index (χ1) is 8.26. The number of rotatable bonds is 8. The van der Waals surface area contributed by atoms with E-state index in [1.807, 2.05) is 19.9 Å². The number of aryl methyl sites for hydroxylation is 1.